The first kappa shape index (κ1) is 23.8. The van der Waals surface area contributed by atoms with E-state index in [1.165, 1.54) is 19.2 Å². The van der Waals surface area contributed by atoms with Crippen LogP contribution < -0.4 is 15.0 Å². The van der Waals surface area contributed by atoms with Gasteiger partial charge in [0.05, 0.1) is 12.7 Å². The molecule has 3 aromatic carbocycles. The van der Waals surface area contributed by atoms with Crippen LogP contribution in [0.25, 0.3) is 11.4 Å². The average molecular weight is 480 g/mol. The first-order valence-electron chi connectivity index (χ1n) is 10.6. The summed E-state index contributed by atoms with van der Waals surface area (Å²) in [6, 6.07) is 22.6. The lowest BCUT2D eigenvalue weighted by molar-refractivity contribution is -0.261. The Bertz CT molecular complexity index is 1270. The van der Waals surface area contributed by atoms with E-state index in [2.05, 4.69) is 20.0 Å². The van der Waals surface area contributed by atoms with Crippen LogP contribution in [0.1, 0.15) is 21.7 Å². The minimum atomic E-state index is -3.73. The number of H-pyrrole nitrogens is 1. The van der Waals surface area contributed by atoms with Crippen molar-refractivity contribution in [3.05, 3.63) is 95.8 Å². The van der Waals surface area contributed by atoms with E-state index in [1.807, 2.05) is 30.3 Å². The van der Waals surface area contributed by atoms with Crippen LogP contribution in [-0.4, -0.2) is 34.3 Å². The van der Waals surface area contributed by atoms with Gasteiger partial charge in [-0.1, -0.05) is 48.5 Å². The molecule has 0 bridgehead atoms. The second-order valence-corrected chi connectivity index (χ2v) is 7.46. The van der Waals surface area contributed by atoms with Gasteiger partial charge in [0, 0.05) is 5.56 Å². The maximum atomic E-state index is 14.3. The number of halogens is 2. The molecule has 0 saturated heterocycles. The van der Waals surface area contributed by atoms with Crippen molar-refractivity contribution in [2.75, 3.05) is 7.11 Å². The molecule has 8 nitrogen and oxygen atoms in total. The third-order valence-corrected chi connectivity index (χ3v) is 4.89. The molecule has 1 amide bonds. The fraction of sp³-hybridized carbons (Fsp3) is 0.160. The van der Waals surface area contributed by atoms with Gasteiger partial charge in [0.15, 0.2) is 5.82 Å². The molecule has 4 aromatic rings. The van der Waals surface area contributed by atoms with Gasteiger partial charge in [0.1, 0.15) is 30.4 Å². The summed E-state index contributed by atoms with van der Waals surface area (Å²) in [7, 11) is 1.48. The molecule has 4 rings (SSSR count). The quantitative estimate of drug-likeness (QED) is 0.323. The van der Waals surface area contributed by atoms with Crippen molar-refractivity contribution in [1.29, 1.82) is 0 Å². The smallest absolute Gasteiger partial charge is 0.382 e. The lowest BCUT2D eigenvalue weighted by Crippen LogP contribution is -2.35. The molecule has 0 atom stereocenters. The van der Waals surface area contributed by atoms with Crippen LogP contribution in [0.15, 0.2) is 78.9 Å². The van der Waals surface area contributed by atoms with E-state index in [4.69, 9.17) is 9.47 Å². The Balaban J connectivity index is 1.42. The molecule has 0 spiro atoms. The van der Waals surface area contributed by atoms with Crippen molar-refractivity contribution in [1.82, 2.24) is 20.7 Å². The van der Waals surface area contributed by atoms with Gasteiger partial charge in [-0.05, 0) is 35.9 Å². The number of aromatic nitrogens is 3. The number of benzene rings is 3. The van der Waals surface area contributed by atoms with Gasteiger partial charge < -0.3 is 9.47 Å². The standard InChI is InChI=1S/C25H22F2N4O4/c1-33-21-13-12-19(34-16-17-8-4-2-5-9-17)14-20(21)23-28-22(29-30-23)15-25(26,27)35-31-24(32)18-10-6-3-7-11-18/h2-14H,15-16H2,1H3,(H,31,32)(H,28,29,30). The molecule has 0 aliphatic rings. The summed E-state index contributed by atoms with van der Waals surface area (Å²) in [5, 5.41) is 6.51. The van der Waals surface area contributed by atoms with E-state index in [1.54, 1.807) is 41.9 Å². The fourth-order valence-electron chi connectivity index (χ4n) is 3.19. The van der Waals surface area contributed by atoms with Crippen molar-refractivity contribution in [3.63, 3.8) is 0 Å². The molecule has 0 radical (unpaired) electrons. The Morgan fingerprint density at radius 3 is 2.46 bits per heavy atom. The molecule has 1 aromatic heterocycles. The first-order valence-corrected chi connectivity index (χ1v) is 10.6. The van der Waals surface area contributed by atoms with Crippen LogP contribution >= 0.6 is 0 Å². The first-order chi connectivity index (χ1) is 16.9. The molecule has 0 unspecified atom stereocenters. The largest absolute Gasteiger partial charge is 0.496 e. The third-order valence-electron chi connectivity index (χ3n) is 4.89. The summed E-state index contributed by atoms with van der Waals surface area (Å²) in [5.74, 6) is 0.192. The van der Waals surface area contributed by atoms with Gasteiger partial charge >= 0.3 is 6.11 Å². The van der Waals surface area contributed by atoms with E-state index >= 15 is 0 Å². The number of ether oxygens (including phenoxy) is 2. The van der Waals surface area contributed by atoms with E-state index in [9.17, 15) is 13.6 Å². The number of carbonyl (C=O) groups excluding carboxylic acids is 1. The Morgan fingerprint density at radius 1 is 1.03 bits per heavy atom. The summed E-state index contributed by atoms with van der Waals surface area (Å²) in [6.07, 6.45) is -4.67. The molecule has 2 N–H and O–H groups in total. The molecule has 10 heteroatoms. The zero-order valence-electron chi connectivity index (χ0n) is 18.7. The zero-order chi connectivity index (χ0) is 24.7. The molecular weight excluding hydrogens is 458 g/mol. The second kappa shape index (κ2) is 10.7. The Labute approximate surface area is 199 Å². The van der Waals surface area contributed by atoms with Gasteiger partial charge in [-0.2, -0.15) is 13.9 Å². The third kappa shape index (κ3) is 6.39. The number of hydrogen-bond acceptors (Lipinski definition) is 6. The van der Waals surface area contributed by atoms with E-state index < -0.39 is 18.4 Å². The topological polar surface area (TPSA) is 98.4 Å². The molecule has 35 heavy (non-hydrogen) atoms. The maximum Gasteiger partial charge on any atom is 0.382 e. The van der Waals surface area contributed by atoms with Crippen molar-refractivity contribution < 1.29 is 27.9 Å². The van der Waals surface area contributed by atoms with Crippen LogP contribution in [0.3, 0.4) is 0 Å². The highest BCUT2D eigenvalue weighted by Gasteiger charge is 2.34. The lowest BCUT2D eigenvalue weighted by Gasteiger charge is -2.15. The van der Waals surface area contributed by atoms with Crippen LogP contribution in [0.2, 0.25) is 0 Å². The number of methoxy groups -OCH3 is 1. The summed E-state index contributed by atoms with van der Waals surface area (Å²) >= 11 is 0. The molecule has 0 saturated carbocycles. The minimum Gasteiger partial charge on any atom is -0.496 e. The summed E-state index contributed by atoms with van der Waals surface area (Å²) in [4.78, 5) is 20.4. The van der Waals surface area contributed by atoms with Crippen LogP contribution in [0, 0.1) is 0 Å². The number of amides is 1. The summed E-state index contributed by atoms with van der Waals surface area (Å²) < 4.78 is 39.8. The molecule has 0 aliphatic carbocycles. The average Bonchev–Trinajstić information content (AvgIpc) is 3.34. The van der Waals surface area contributed by atoms with E-state index in [0.29, 0.717) is 23.7 Å². The lowest BCUT2D eigenvalue weighted by atomic mass is 10.1. The molecule has 1 heterocycles. The highest BCUT2D eigenvalue weighted by atomic mass is 19.3. The number of aromatic amines is 1. The van der Waals surface area contributed by atoms with E-state index in [0.717, 1.165) is 5.56 Å². The number of alkyl halides is 2. The molecule has 180 valence electrons. The Morgan fingerprint density at radius 2 is 1.74 bits per heavy atom. The molecule has 0 aliphatic heterocycles. The van der Waals surface area contributed by atoms with Gasteiger partial charge in [-0.3, -0.25) is 9.89 Å². The number of carbonyl (C=O) groups is 1. The summed E-state index contributed by atoms with van der Waals surface area (Å²) in [5.41, 5.74) is 3.40. The highest BCUT2D eigenvalue weighted by Crippen LogP contribution is 2.32. The Hall–Kier alpha value is -4.31. The van der Waals surface area contributed by atoms with Crippen molar-refractivity contribution >= 4 is 5.91 Å². The molecule has 0 fully saturated rings. The van der Waals surface area contributed by atoms with Crippen molar-refractivity contribution in [2.24, 2.45) is 0 Å². The fourth-order valence-corrected chi connectivity index (χ4v) is 3.19. The summed E-state index contributed by atoms with van der Waals surface area (Å²) in [6.45, 7) is 0.351. The van der Waals surface area contributed by atoms with Gasteiger partial charge in [0.2, 0.25) is 0 Å². The van der Waals surface area contributed by atoms with Gasteiger partial charge in [0.25, 0.3) is 5.91 Å². The number of hydroxylamine groups is 1. The van der Waals surface area contributed by atoms with E-state index in [-0.39, 0.29) is 17.2 Å². The number of nitrogens with one attached hydrogen (secondary N) is 2. The number of hydrogen-bond donors (Lipinski definition) is 2. The number of rotatable bonds is 10. The van der Waals surface area contributed by atoms with Crippen LogP contribution in [0.4, 0.5) is 8.78 Å². The predicted molar refractivity (Wildman–Crippen MR) is 123 cm³/mol. The molecular formula is C25H22F2N4O4. The van der Waals surface area contributed by atoms with Crippen molar-refractivity contribution in [3.8, 4) is 22.9 Å². The highest BCUT2D eigenvalue weighted by molar-refractivity contribution is 5.93. The Kier molecular flexibility index (Phi) is 7.32. The SMILES string of the molecule is COc1ccc(OCc2ccccc2)cc1-c1n[nH]c(CC(F)(F)ONC(=O)c2ccccc2)n1. The monoisotopic (exact) mass is 480 g/mol. The zero-order valence-corrected chi connectivity index (χ0v) is 18.7. The van der Waals surface area contributed by atoms with Crippen LogP contribution in [0.5, 0.6) is 11.5 Å². The maximum absolute atomic E-state index is 14.3. The van der Waals surface area contributed by atoms with Gasteiger partial charge in [-0.25, -0.2) is 15.3 Å². The van der Waals surface area contributed by atoms with Crippen LogP contribution in [-0.2, 0) is 17.9 Å². The number of nitrogens with zero attached hydrogens (tertiary/aromatic N) is 2. The predicted octanol–water partition coefficient (Wildman–Crippen LogP) is 4.56. The normalized spacial score (nSPS) is 11.2. The minimum absolute atomic E-state index is 0.142. The van der Waals surface area contributed by atoms with Crippen molar-refractivity contribution in [2.45, 2.75) is 19.1 Å². The second-order valence-electron chi connectivity index (χ2n) is 7.46. The van der Waals surface area contributed by atoms with Gasteiger partial charge in [-0.15, -0.1) is 0 Å².